The zero-order valence-corrected chi connectivity index (χ0v) is 15.2. The Morgan fingerprint density at radius 1 is 1.44 bits per heavy atom. The van der Waals surface area contributed by atoms with Crippen molar-refractivity contribution in [2.75, 3.05) is 32.5 Å². The Kier molecular flexibility index (Phi) is 4.98. The molecule has 1 fully saturated rings. The fourth-order valence-electron chi connectivity index (χ4n) is 3.08. The summed E-state index contributed by atoms with van der Waals surface area (Å²) in [5, 5.41) is 7.73. The Labute approximate surface area is 147 Å². The Bertz CT molecular complexity index is 755. The van der Waals surface area contributed by atoms with Gasteiger partial charge in [-0.3, -0.25) is 14.4 Å². The molecule has 1 atom stereocenters. The van der Waals surface area contributed by atoms with Crippen LogP contribution in [-0.2, 0) is 13.6 Å². The van der Waals surface area contributed by atoms with E-state index in [4.69, 9.17) is 0 Å². The molecule has 3 heterocycles. The first-order valence-corrected chi connectivity index (χ1v) is 8.45. The standard InChI is InChI=1S/C17H25N7O/c1-12-5-7-18-17(19-12)20-14-6-8-24(11-14)10-13-9-23(4)21-15(13)16(25)22(2)3/h5,7,9,14H,6,8,10-11H2,1-4H3,(H,18,19,20). The molecule has 1 N–H and O–H groups in total. The van der Waals surface area contributed by atoms with Gasteiger partial charge in [-0.25, -0.2) is 9.97 Å². The smallest absolute Gasteiger partial charge is 0.274 e. The highest BCUT2D eigenvalue weighted by molar-refractivity contribution is 5.93. The van der Waals surface area contributed by atoms with Crippen LogP contribution in [0.1, 0.15) is 28.2 Å². The molecule has 2 aromatic rings. The zero-order chi connectivity index (χ0) is 18.0. The molecule has 0 radical (unpaired) electrons. The van der Waals surface area contributed by atoms with Gasteiger partial charge in [-0.2, -0.15) is 5.10 Å². The van der Waals surface area contributed by atoms with Gasteiger partial charge < -0.3 is 10.2 Å². The zero-order valence-electron chi connectivity index (χ0n) is 15.2. The molecule has 3 rings (SSSR count). The summed E-state index contributed by atoms with van der Waals surface area (Å²) >= 11 is 0. The summed E-state index contributed by atoms with van der Waals surface area (Å²) in [5.41, 5.74) is 2.45. The normalized spacial score (nSPS) is 17.7. The van der Waals surface area contributed by atoms with Gasteiger partial charge in [0.25, 0.3) is 5.91 Å². The lowest BCUT2D eigenvalue weighted by Gasteiger charge is -2.17. The van der Waals surface area contributed by atoms with Crippen molar-refractivity contribution >= 4 is 11.9 Å². The molecule has 8 nitrogen and oxygen atoms in total. The molecule has 1 saturated heterocycles. The van der Waals surface area contributed by atoms with Crippen LogP contribution in [0, 0.1) is 6.92 Å². The summed E-state index contributed by atoms with van der Waals surface area (Å²) in [6.07, 6.45) is 4.72. The van der Waals surface area contributed by atoms with Gasteiger partial charge in [-0.1, -0.05) is 0 Å². The number of anilines is 1. The molecule has 0 bridgehead atoms. The van der Waals surface area contributed by atoms with E-state index in [1.165, 1.54) is 0 Å². The minimum Gasteiger partial charge on any atom is -0.350 e. The van der Waals surface area contributed by atoms with Crippen LogP contribution in [0.25, 0.3) is 0 Å². The highest BCUT2D eigenvalue weighted by atomic mass is 16.2. The second-order valence-electron chi connectivity index (χ2n) is 6.76. The summed E-state index contributed by atoms with van der Waals surface area (Å²) in [7, 11) is 5.34. The lowest BCUT2D eigenvalue weighted by atomic mass is 10.2. The van der Waals surface area contributed by atoms with Crippen molar-refractivity contribution in [1.29, 1.82) is 0 Å². The number of aryl methyl sites for hydroxylation is 2. The third kappa shape index (κ3) is 4.14. The Morgan fingerprint density at radius 2 is 2.24 bits per heavy atom. The molecule has 0 saturated carbocycles. The third-order valence-corrected chi connectivity index (χ3v) is 4.31. The fourth-order valence-corrected chi connectivity index (χ4v) is 3.08. The Balaban J connectivity index is 1.63. The molecule has 2 aromatic heterocycles. The molecule has 1 aliphatic heterocycles. The number of hydrogen-bond acceptors (Lipinski definition) is 6. The van der Waals surface area contributed by atoms with Gasteiger partial charge in [0.2, 0.25) is 5.95 Å². The summed E-state index contributed by atoms with van der Waals surface area (Å²) in [4.78, 5) is 24.9. The molecule has 0 aromatic carbocycles. The van der Waals surface area contributed by atoms with Gasteiger partial charge >= 0.3 is 0 Å². The van der Waals surface area contributed by atoms with E-state index in [9.17, 15) is 4.79 Å². The van der Waals surface area contributed by atoms with E-state index in [0.717, 1.165) is 37.3 Å². The predicted molar refractivity (Wildman–Crippen MR) is 95.3 cm³/mol. The van der Waals surface area contributed by atoms with E-state index in [0.29, 0.717) is 17.7 Å². The summed E-state index contributed by atoms with van der Waals surface area (Å²) in [5.74, 6) is 0.620. The summed E-state index contributed by atoms with van der Waals surface area (Å²) in [6.45, 7) is 4.53. The second kappa shape index (κ2) is 7.18. The van der Waals surface area contributed by atoms with Crippen molar-refractivity contribution in [1.82, 2.24) is 29.5 Å². The van der Waals surface area contributed by atoms with Crippen molar-refractivity contribution in [2.45, 2.75) is 25.9 Å². The number of nitrogens with one attached hydrogen (secondary N) is 1. The topological polar surface area (TPSA) is 79.2 Å². The molecule has 1 aliphatic rings. The maximum absolute atomic E-state index is 12.3. The molecular formula is C17H25N7O. The maximum atomic E-state index is 12.3. The predicted octanol–water partition coefficient (Wildman–Crippen LogP) is 0.907. The first-order valence-electron chi connectivity index (χ1n) is 8.45. The van der Waals surface area contributed by atoms with Crippen LogP contribution >= 0.6 is 0 Å². The average Bonchev–Trinajstić information content (AvgIpc) is 3.13. The Morgan fingerprint density at radius 3 is 2.96 bits per heavy atom. The number of rotatable bonds is 5. The van der Waals surface area contributed by atoms with Gasteiger partial charge in [0.1, 0.15) is 0 Å². The van der Waals surface area contributed by atoms with Crippen LogP contribution in [0.2, 0.25) is 0 Å². The molecule has 1 amide bonds. The number of nitrogens with zero attached hydrogens (tertiary/aromatic N) is 6. The van der Waals surface area contributed by atoms with E-state index >= 15 is 0 Å². The van der Waals surface area contributed by atoms with Crippen LogP contribution < -0.4 is 5.32 Å². The largest absolute Gasteiger partial charge is 0.350 e. The molecule has 1 unspecified atom stereocenters. The van der Waals surface area contributed by atoms with Crippen molar-refractivity contribution in [3.63, 3.8) is 0 Å². The first-order chi connectivity index (χ1) is 11.9. The number of hydrogen-bond donors (Lipinski definition) is 1. The van der Waals surface area contributed by atoms with Crippen LogP contribution in [0.15, 0.2) is 18.5 Å². The lowest BCUT2D eigenvalue weighted by Crippen LogP contribution is -2.28. The van der Waals surface area contributed by atoms with E-state index in [1.807, 2.05) is 26.2 Å². The fraction of sp³-hybridized carbons (Fsp3) is 0.529. The first kappa shape index (κ1) is 17.3. The number of amides is 1. The van der Waals surface area contributed by atoms with E-state index in [1.54, 1.807) is 29.9 Å². The van der Waals surface area contributed by atoms with Crippen molar-refractivity contribution in [2.24, 2.45) is 7.05 Å². The van der Waals surface area contributed by atoms with Gasteiger partial charge in [-0.15, -0.1) is 0 Å². The highest BCUT2D eigenvalue weighted by Gasteiger charge is 2.26. The minimum absolute atomic E-state index is 0.0577. The average molecular weight is 343 g/mol. The number of carbonyl (C=O) groups is 1. The molecule has 134 valence electrons. The van der Waals surface area contributed by atoms with Gasteiger partial charge in [0.05, 0.1) is 0 Å². The lowest BCUT2D eigenvalue weighted by molar-refractivity contribution is 0.0819. The highest BCUT2D eigenvalue weighted by Crippen LogP contribution is 2.18. The van der Waals surface area contributed by atoms with Crippen LogP contribution in [0.3, 0.4) is 0 Å². The molecular weight excluding hydrogens is 318 g/mol. The number of carbonyl (C=O) groups excluding carboxylic acids is 1. The quantitative estimate of drug-likeness (QED) is 0.869. The van der Waals surface area contributed by atoms with Gasteiger partial charge in [0.15, 0.2) is 5.69 Å². The van der Waals surface area contributed by atoms with E-state index < -0.39 is 0 Å². The number of aromatic nitrogens is 4. The Hall–Kier alpha value is -2.48. The van der Waals surface area contributed by atoms with Gasteiger partial charge in [0, 0.05) is 70.5 Å². The van der Waals surface area contributed by atoms with Crippen LogP contribution in [0.4, 0.5) is 5.95 Å². The van der Waals surface area contributed by atoms with Gasteiger partial charge in [-0.05, 0) is 19.4 Å². The number of likely N-dealkylation sites (tertiary alicyclic amines) is 1. The third-order valence-electron chi connectivity index (χ3n) is 4.31. The van der Waals surface area contributed by atoms with Crippen LogP contribution in [-0.4, -0.2) is 68.7 Å². The monoisotopic (exact) mass is 343 g/mol. The van der Waals surface area contributed by atoms with Crippen LogP contribution in [0.5, 0.6) is 0 Å². The van der Waals surface area contributed by atoms with E-state index in [2.05, 4.69) is 25.3 Å². The summed E-state index contributed by atoms with van der Waals surface area (Å²) < 4.78 is 1.71. The minimum atomic E-state index is -0.0577. The van der Waals surface area contributed by atoms with Crippen molar-refractivity contribution < 1.29 is 4.79 Å². The second-order valence-corrected chi connectivity index (χ2v) is 6.76. The molecule has 0 spiro atoms. The molecule has 25 heavy (non-hydrogen) atoms. The summed E-state index contributed by atoms with van der Waals surface area (Å²) in [6, 6.07) is 2.20. The van der Waals surface area contributed by atoms with Crippen molar-refractivity contribution in [3.05, 3.63) is 35.4 Å². The van der Waals surface area contributed by atoms with Crippen molar-refractivity contribution in [3.8, 4) is 0 Å². The van der Waals surface area contributed by atoms with E-state index in [-0.39, 0.29) is 5.91 Å². The SMILES string of the molecule is Cc1ccnc(NC2CCN(Cc3cn(C)nc3C(=O)N(C)C)C2)n1. The molecule has 0 aliphatic carbocycles. The molecule has 8 heteroatoms. The maximum Gasteiger partial charge on any atom is 0.274 e.